The van der Waals surface area contributed by atoms with Gasteiger partial charge in [0.1, 0.15) is 0 Å². The first-order valence-corrected chi connectivity index (χ1v) is 7.22. The van der Waals surface area contributed by atoms with E-state index in [0.717, 1.165) is 24.3 Å². The van der Waals surface area contributed by atoms with Crippen molar-refractivity contribution in [3.63, 3.8) is 0 Å². The van der Waals surface area contributed by atoms with E-state index < -0.39 is 16.4 Å². The van der Waals surface area contributed by atoms with Crippen LogP contribution < -0.4 is 5.32 Å². The lowest BCUT2D eigenvalue weighted by atomic mass is 10.0. The molecule has 20 heavy (non-hydrogen) atoms. The van der Waals surface area contributed by atoms with Gasteiger partial charge in [0, 0.05) is 18.7 Å². The third-order valence-electron chi connectivity index (χ3n) is 4.06. The maximum absolute atomic E-state index is 13.5. The van der Waals surface area contributed by atoms with Crippen molar-refractivity contribution in [3.05, 3.63) is 39.7 Å². The maximum atomic E-state index is 13.5. The third kappa shape index (κ3) is 4.00. The molecule has 0 aromatic heterocycles. The van der Waals surface area contributed by atoms with E-state index in [9.17, 15) is 14.5 Å². The number of nitrogens with one attached hydrogen (secondary N) is 1. The van der Waals surface area contributed by atoms with E-state index in [1.165, 1.54) is 31.4 Å². The highest BCUT2D eigenvalue weighted by atomic mass is 19.1. The minimum atomic E-state index is -0.760. The van der Waals surface area contributed by atoms with Gasteiger partial charge >= 0.3 is 5.69 Å². The zero-order chi connectivity index (χ0) is 14.5. The standard InChI is InChI=1S/C15H21FN2O2/c1-11-3-2-4-13(7-5-11)17-10-12-6-8-15(18(19)20)14(16)9-12/h6,8-9,11,13,17H,2-5,7,10H2,1H3. The Morgan fingerprint density at radius 1 is 1.35 bits per heavy atom. The van der Waals surface area contributed by atoms with E-state index in [1.54, 1.807) is 6.07 Å². The lowest BCUT2D eigenvalue weighted by Crippen LogP contribution is -2.28. The predicted molar refractivity (Wildman–Crippen MR) is 75.9 cm³/mol. The molecule has 2 unspecified atom stereocenters. The van der Waals surface area contributed by atoms with Crippen LogP contribution in [0.15, 0.2) is 18.2 Å². The Morgan fingerprint density at radius 3 is 2.85 bits per heavy atom. The van der Waals surface area contributed by atoms with Crippen LogP contribution in [0.4, 0.5) is 10.1 Å². The zero-order valence-electron chi connectivity index (χ0n) is 11.8. The van der Waals surface area contributed by atoms with Gasteiger partial charge in [0.05, 0.1) is 4.92 Å². The molecule has 1 saturated carbocycles. The monoisotopic (exact) mass is 280 g/mol. The van der Waals surface area contributed by atoms with E-state index in [1.807, 2.05) is 0 Å². The summed E-state index contributed by atoms with van der Waals surface area (Å²) in [7, 11) is 0. The number of rotatable bonds is 4. The molecule has 1 aliphatic rings. The van der Waals surface area contributed by atoms with Crippen LogP contribution in [-0.4, -0.2) is 11.0 Å². The summed E-state index contributed by atoms with van der Waals surface area (Å²) in [6.45, 7) is 2.85. The summed E-state index contributed by atoms with van der Waals surface area (Å²) < 4.78 is 13.5. The van der Waals surface area contributed by atoms with Crippen LogP contribution in [0, 0.1) is 21.8 Å². The fourth-order valence-electron chi connectivity index (χ4n) is 2.76. The number of nitro groups is 1. The fraction of sp³-hybridized carbons (Fsp3) is 0.600. The fourth-order valence-corrected chi connectivity index (χ4v) is 2.76. The van der Waals surface area contributed by atoms with Crippen molar-refractivity contribution in [1.29, 1.82) is 0 Å². The smallest absolute Gasteiger partial charge is 0.304 e. The van der Waals surface area contributed by atoms with E-state index in [-0.39, 0.29) is 0 Å². The normalized spacial score (nSPS) is 23.3. The first kappa shape index (κ1) is 14.9. The van der Waals surface area contributed by atoms with Crippen molar-refractivity contribution in [2.24, 2.45) is 5.92 Å². The molecular formula is C15H21FN2O2. The summed E-state index contributed by atoms with van der Waals surface area (Å²) in [5.74, 6) is 0.0300. The van der Waals surface area contributed by atoms with Crippen molar-refractivity contribution in [2.75, 3.05) is 0 Å². The molecule has 1 N–H and O–H groups in total. The second-order valence-corrected chi connectivity index (χ2v) is 5.73. The van der Waals surface area contributed by atoms with E-state index in [4.69, 9.17) is 0 Å². The van der Waals surface area contributed by atoms with Gasteiger partial charge in [-0.2, -0.15) is 4.39 Å². The third-order valence-corrected chi connectivity index (χ3v) is 4.06. The summed E-state index contributed by atoms with van der Waals surface area (Å²) >= 11 is 0. The van der Waals surface area contributed by atoms with E-state index in [0.29, 0.717) is 12.6 Å². The Labute approximate surface area is 118 Å². The Morgan fingerprint density at radius 2 is 2.15 bits per heavy atom. The molecule has 2 atom stereocenters. The van der Waals surface area contributed by atoms with Crippen molar-refractivity contribution in [3.8, 4) is 0 Å². The first-order valence-electron chi connectivity index (χ1n) is 7.22. The summed E-state index contributed by atoms with van der Waals surface area (Å²) in [6, 6.07) is 4.58. The van der Waals surface area contributed by atoms with Crippen molar-refractivity contribution >= 4 is 5.69 Å². The van der Waals surface area contributed by atoms with Crippen LogP contribution in [0.2, 0.25) is 0 Å². The number of nitrogens with zero attached hydrogens (tertiary/aromatic N) is 1. The van der Waals surface area contributed by atoms with Gasteiger partial charge in [0.25, 0.3) is 0 Å². The minimum Gasteiger partial charge on any atom is -0.310 e. The number of halogens is 1. The van der Waals surface area contributed by atoms with Gasteiger partial charge in [-0.3, -0.25) is 10.1 Å². The SMILES string of the molecule is CC1CCCC(NCc2ccc([N+](=O)[O-])c(F)c2)CC1. The lowest BCUT2D eigenvalue weighted by molar-refractivity contribution is -0.387. The van der Waals surface area contributed by atoms with Crippen LogP contribution in [0.25, 0.3) is 0 Å². The number of hydrogen-bond acceptors (Lipinski definition) is 3. The summed E-state index contributed by atoms with van der Waals surface area (Å²) in [5, 5.41) is 14.0. The number of nitro benzene ring substituents is 1. The average molecular weight is 280 g/mol. The van der Waals surface area contributed by atoms with Gasteiger partial charge in [-0.1, -0.05) is 25.8 Å². The molecule has 0 amide bonds. The highest BCUT2D eigenvalue weighted by Crippen LogP contribution is 2.23. The zero-order valence-corrected chi connectivity index (χ0v) is 11.8. The molecule has 0 bridgehead atoms. The molecule has 0 saturated heterocycles. The molecule has 4 nitrogen and oxygen atoms in total. The molecule has 1 aromatic carbocycles. The molecule has 0 radical (unpaired) electrons. The molecule has 0 aliphatic heterocycles. The van der Waals surface area contributed by atoms with E-state index >= 15 is 0 Å². The second kappa shape index (κ2) is 6.79. The molecule has 1 fully saturated rings. The predicted octanol–water partition coefficient (Wildman–Crippen LogP) is 3.79. The lowest BCUT2D eigenvalue weighted by Gasteiger charge is -2.16. The molecular weight excluding hydrogens is 259 g/mol. The van der Waals surface area contributed by atoms with Crippen LogP contribution in [0.5, 0.6) is 0 Å². The molecule has 1 aromatic rings. The van der Waals surface area contributed by atoms with Crippen LogP contribution in [0.1, 0.15) is 44.6 Å². The van der Waals surface area contributed by atoms with Crippen molar-refractivity contribution < 1.29 is 9.31 Å². The minimum absolute atomic E-state index is 0.461. The summed E-state index contributed by atoms with van der Waals surface area (Å²) in [4.78, 5) is 9.86. The average Bonchev–Trinajstić information content (AvgIpc) is 2.61. The van der Waals surface area contributed by atoms with Gasteiger partial charge < -0.3 is 5.32 Å². The maximum Gasteiger partial charge on any atom is 0.304 e. The van der Waals surface area contributed by atoms with Crippen LogP contribution >= 0.6 is 0 Å². The number of hydrogen-bond donors (Lipinski definition) is 1. The Bertz CT molecular complexity index is 479. The summed E-state index contributed by atoms with van der Waals surface area (Å²) in [5.41, 5.74) is 0.294. The molecule has 5 heteroatoms. The highest BCUT2D eigenvalue weighted by Gasteiger charge is 2.17. The topological polar surface area (TPSA) is 55.2 Å². The van der Waals surface area contributed by atoms with Gasteiger partial charge in [-0.25, -0.2) is 0 Å². The molecule has 110 valence electrons. The van der Waals surface area contributed by atoms with Crippen molar-refractivity contribution in [2.45, 2.75) is 51.6 Å². The van der Waals surface area contributed by atoms with Gasteiger partial charge in [-0.05, 0) is 36.8 Å². The summed E-state index contributed by atoms with van der Waals surface area (Å²) in [6.07, 6.45) is 6.04. The molecule has 0 heterocycles. The molecule has 1 aliphatic carbocycles. The molecule has 2 rings (SSSR count). The van der Waals surface area contributed by atoms with Crippen LogP contribution in [-0.2, 0) is 6.54 Å². The number of benzene rings is 1. The van der Waals surface area contributed by atoms with Gasteiger partial charge in [0.2, 0.25) is 5.82 Å². The van der Waals surface area contributed by atoms with Gasteiger partial charge in [0.15, 0.2) is 0 Å². The van der Waals surface area contributed by atoms with E-state index in [2.05, 4.69) is 12.2 Å². The van der Waals surface area contributed by atoms with Crippen LogP contribution in [0.3, 0.4) is 0 Å². The molecule has 0 spiro atoms. The highest BCUT2D eigenvalue weighted by molar-refractivity contribution is 5.34. The first-order chi connectivity index (χ1) is 9.56. The Kier molecular flexibility index (Phi) is 5.06. The second-order valence-electron chi connectivity index (χ2n) is 5.73. The Balaban J connectivity index is 1.90. The Hall–Kier alpha value is -1.49. The van der Waals surface area contributed by atoms with Gasteiger partial charge in [-0.15, -0.1) is 0 Å². The largest absolute Gasteiger partial charge is 0.310 e. The van der Waals surface area contributed by atoms with Crippen molar-refractivity contribution in [1.82, 2.24) is 5.32 Å². The quantitative estimate of drug-likeness (QED) is 0.518.